The maximum Gasteiger partial charge on any atom is 0.186 e. The van der Waals surface area contributed by atoms with Gasteiger partial charge in [-0.05, 0) is 41.3 Å². The molecule has 2 aliphatic rings. The Hall–Kier alpha value is -1.71. The zero-order chi connectivity index (χ0) is 22.0. The molecule has 7 nitrogen and oxygen atoms in total. The second kappa shape index (κ2) is 9.83. The molecule has 8 heteroatoms. The van der Waals surface area contributed by atoms with E-state index in [9.17, 15) is 15.3 Å². The molecule has 2 fully saturated rings. The first-order valence-electron chi connectivity index (χ1n) is 10.3. The van der Waals surface area contributed by atoms with Crippen LogP contribution in [0.5, 0.6) is 5.75 Å². The lowest BCUT2D eigenvalue weighted by Crippen LogP contribution is -2.54. The summed E-state index contributed by atoms with van der Waals surface area (Å²) in [5.41, 5.74) is 2.54. The molecule has 6 atom stereocenters. The van der Waals surface area contributed by atoms with Crippen molar-refractivity contribution < 1.29 is 34.3 Å². The fourth-order valence-corrected chi connectivity index (χ4v) is 4.11. The highest BCUT2D eigenvalue weighted by molar-refractivity contribution is 6.31. The normalized spacial score (nSPS) is 31.0. The van der Waals surface area contributed by atoms with E-state index in [1.165, 1.54) is 7.11 Å². The summed E-state index contributed by atoms with van der Waals surface area (Å²) in [4.78, 5) is 0. The molecule has 0 aromatic heterocycles. The summed E-state index contributed by atoms with van der Waals surface area (Å²) in [6.07, 6.45) is -4.35. The Morgan fingerprint density at radius 2 is 1.81 bits per heavy atom. The number of aliphatic hydroxyl groups excluding tert-OH is 3. The molecule has 0 saturated carbocycles. The van der Waals surface area contributed by atoms with Crippen molar-refractivity contribution in [2.75, 3.05) is 20.3 Å². The Kier molecular flexibility index (Phi) is 7.13. The first-order chi connectivity index (χ1) is 15.0. The molecule has 0 unspecified atom stereocenters. The van der Waals surface area contributed by atoms with E-state index in [2.05, 4.69) is 0 Å². The number of halogens is 1. The molecule has 2 aromatic carbocycles. The van der Waals surface area contributed by atoms with Crippen molar-refractivity contribution in [1.29, 1.82) is 0 Å². The van der Waals surface area contributed by atoms with Crippen LogP contribution in [0.3, 0.4) is 0 Å². The smallest absolute Gasteiger partial charge is 0.186 e. The summed E-state index contributed by atoms with van der Waals surface area (Å²) >= 11 is 6.42. The van der Waals surface area contributed by atoms with Crippen molar-refractivity contribution in [3.05, 3.63) is 64.2 Å². The van der Waals surface area contributed by atoms with Crippen LogP contribution in [-0.4, -0.2) is 66.3 Å². The predicted molar refractivity (Wildman–Crippen MR) is 113 cm³/mol. The fourth-order valence-electron chi connectivity index (χ4n) is 3.93. The highest BCUT2D eigenvalue weighted by Gasteiger charge is 2.44. The van der Waals surface area contributed by atoms with E-state index < -0.39 is 30.7 Å². The van der Waals surface area contributed by atoms with Crippen LogP contribution >= 0.6 is 11.6 Å². The van der Waals surface area contributed by atoms with Crippen molar-refractivity contribution in [1.82, 2.24) is 0 Å². The first-order valence-corrected chi connectivity index (χ1v) is 10.7. The number of aliphatic hydroxyl groups is 3. The molecule has 0 spiro atoms. The van der Waals surface area contributed by atoms with E-state index >= 15 is 0 Å². The fraction of sp³-hybridized carbons (Fsp3) is 0.478. The molecule has 4 rings (SSSR count). The van der Waals surface area contributed by atoms with Gasteiger partial charge < -0.3 is 34.3 Å². The van der Waals surface area contributed by atoms with Crippen LogP contribution in [0.25, 0.3) is 0 Å². The summed E-state index contributed by atoms with van der Waals surface area (Å²) in [5.74, 6) is 0.802. The summed E-state index contributed by atoms with van der Waals surface area (Å²) in [6, 6.07) is 13.1. The number of benzene rings is 2. The van der Waals surface area contributed by atoms with Crippen LogP contribution in [-0.2, 0) is 20.6 Å². The SMILES string of the molecule is CO[C@H]1O[C@H](c2ccc(Cl)c(Cc3ccc(O[C@@H]4CCOC4)cc3)c2)[C@H](O)[C@@H](O)[C@@H]1O. The minimum Gasteiger partial charge on any atom is -0.488 e. The van der Waals surface area contributed by atoms with Crippen molar-refractivity contribution in [2.45, 2.75) is 49.7 Å². The second-order valence-corrected chi connectivity index (χ2v) is 8.31. The lowest BCUT2D eigenvalue weighted by molar-refractivity contribution is -0.292. The molecule has 168 valence electrons. The lowest BCUT2D eigenvalue weighted by Gasteiger charge is -2.40. The minimum absolute atomic E-state index is 0.101. The van der Waals surface area contributed by atoms with Crippen LogP contribution in [0.2, 0.25) is 5.02 Å². The molecule has 0 bridgehead atoms. The molecule has 3 N–H and O–H groups in total. The second-order valence-electron chi connectivity index (χ2n) is 7.91. The van der Waals surface area contributed by atoms with Gasteiger partial charge in [-0.1, -0.05) is 35.9 Å². The highest BCUT2D eigenvalue weighted by atomic mass is 35.5. The van der Waals surface area contributed by atoms with Gasteiger partial charge in [-0.15, -0.1) is 0 Å². The summed E-state index contributed by atoms with van der Waals surface area (Å²) in [7, 11) is 1.37. The number of ether oxygens (including phenoxy) is 4. The van der Waals surface area contributed by atoms with Crippen LogP contribution in [0, 0.1) is 0 Å². The molecule has 2 aliphatic heterocycles. The summed E-state index contributed by atoms with van der Waals surface area (Å²) in [5, 5.41) is 31.2. The zero-order valence-corrected chi connectivity index (χ0v) is 17.9. The van der Waals surface area contributed by atoms with Gasteiger partial charge >= 0.3 is 0 Å². The van der Waals surface area contributed by atoms with Crippen molar-refractivity contribution in [3.8, 4) is 5.75 Å². The highest BCUT2D eigenvalue weighted by Crippen LogP contribution is 2.34. The Bertz CT molecular complexity index is 867. The Morgan fingerprint density at radius 3 is 2.48 bits per heavy atom. The number of rotatable bonds is 6. The van der Waals surface area contributed by atoms with Gasteiger partial charge in [0.2, 0.25) is 0 Å². The molecular formula is C23H27ClO7. The van der Waals surface area contributed by atoms with Crippen molar-refractivity contribution >= 4 is 11.6 Å². The quantitative estimate of drug-likeness (QED) is 0.620. The van der Waals surface area contributed by atoms with E-state index in [1.807, 2.05) is 30.3 Å². The number of hydrogen-bond acceptors (Lipinski definition) is 7. The Balaban J connectivity index is 1.49. The number of methoxy groups -OCH3 is 1. The van der Waals surface area contributed by atoms with Gasteiger partial charge in [-0.3, -0.25) is 0 Å². The van der Waals surface area contributed by atoms with Gasteiger partial charge in [0, 0.05) is 18.6 Å². The molecule has 2 heterocycles. The monoisotopic (exact) mass is 450 g/mol. The average Bonchev–Trinajstić information content (AvgIpc) is 3.28. The van der Waals surface area contributed by atoms with Gasteiger partial charge in [0.15, 0.2) is 6.29 Å². The Morgan fingerprint density at radius 1 is 1.03 bits per heavy atom. The van der Waals surface area contributed by atoms with Crippen LogP contribution in [0.4, 0.5) is 0 Å². The van der Waals surface area contributed by atoms with Gasteiger partial charge in [-0.2, -0.15) is 0 Å². The van der Waals surface area contributed by atoms with Crippen molar-refractivity contribution in [2.24, 2.45) is 0 Å². The third kappa shape index (κ3) is 5.04. The third-order valence-electron chi connectivity index (χ3n) is 5.71. The standard InChI is InChI=1S/C23H27ClO7/c1-28-23-21(27)19(25)20(26)22(31-23)14-4-7-18(24)15(11-14)10-13-2-5-16(6-3-13)30-17-8-9-29-12-17/h2-7,11,17,19-23,25-27H,8-10,12H2,1H3/t17-,19-,20-,21+,22-,23+/m1/s1. The minimum atomic E-state index is -1.39. The van der Waals surface area contributed by atoms with Crippen LogP contribution < -0.4 is 4.74 Å². The molecule has 2 saturated heterocycles. The first kappa shape index (κ1) is 22.5. The lowest BCUT2D eigenvalue weighted by atomic mass is 9.92. The van der Waals surface area contributed by atoms with E-state index in [-0.39, 0.29) is 6.10 Å². The van der Waals surface area contributed by atoms with Gasteiger partial charge in [0.25, 0.3) is 0 Å². The molecule has 0 radical (unpaired) electrons. The molecule has 2 aromatic rings. The van der Waals surface area contributed by atoms with E-state index in [0.29, 0.717) is 23.6 Å². The van der Waals surface area contributed by atoms with Crippen LogP contribution in [0.1, 0.15) is 29.2 Å². The van der Waals surface area contributed by atoms with Crippen LogP contribution in [0.15, 0.2) is 42.5 Å². The van der Waals surface area contributed by atoms with E-state index in [0.717, 1.165) is 29.9 Å². The predicted octanol–water partition coefficient (Wildman–Crippen LogP) is 2.23. The van der Waals surface area contributed by atoms with Gasteiger partial charge in [0.05, 0.1) is 13.2 Å². The van der Waals surface area contributed by atoms with Gasteiger partial charge in [0.1, 0.15) is 36.3 Å². The number of hydrogen-bond donors (Lipinski definition) is 3. The topological polar surface area (TPSA) is 97.6 Å². The van der Waals surface area contributed by atoms with Gasteiger partial charge in [-0.25, -0.2) is 0 Å². The molecule has 0 amide bonds. The molecular weight excluding hydrogens is 424 g/mol. The average molecular weight is 451 g/mol. The maximum absolute atomic E-state index is 10.4. The molecule has 0 aliphatic carbocycles. The summed E-state index contributed by atoms with van der Waals surface area (Å²) < 4.78 is 22.0. The largest absolute Gasteiger partial charge is 0.488 e. The zero-order valence-electron chi connectivity index (χ0n) is 17.2. The third-order valence-corrected chi connectivity index (χ3v) is 6.08. The summed E-state index contributed by atoms with van der Waals surface area (Å²) in [6.45, 7) is 1.35. The van der Waals surface area contributed by atoms with E-state index in [1.54, 1.807) is 12.1 Å². The maximum atomic E-state index is 10.4. The van der Waals surface area contributed by atoms with E-state index in [4.69, 9.17) is 30.5 Å². The molecule has 31 heavy (non-hydrogen) atoms. The van der Waals surface area contributed by atoms with Crippen molar-refractivity contribution in [3.63, 3.8) is 0 Å². The Labute approximate surface area is 186 Å².